The molecule has 1 aliphatic heterocycles. The first-order valence-electron chi connectivity index (χ1n) is 11.0. The highest BCUT2D eigenvalue weighted by Gasteiger charge is 2.45. The average Bonchev–Trinajstić information content (AvgIpc) is 3.49. The number of esters is 1. The monoisotopic (exact) mass is 522 g/mol. The summed E-state index contributed by atoms with van der Waals surface area (Å²) in [7, 11) is 0. The second-order valence-electron chi connectivity index (χ2n) is 7.65. The van der Waals surface area contributed by atoms with Crippen molar-refractivity contribution in [3.05, 3.63) is 82.6 Å². The minimum absolute atomic E-state index is 0.00584. The summed E-state index contributed by atoms with van der Waals surface area (Å²) >= 11 is 6.79. The largest absolute Gasteiger partial charge is 0.462 e. The van der Waals surface area contributed by atoms with E-state index in [0.29, 0.717) is 21.8 Å². The third-order valence-corrected chi connectivity index (χ3v) is 6.50. The number of carbonyl (C=O) groups is 4. The molecule has 1 aliphatic rings. The molecule has 0 unspecified atom stereocenters. The molecule has 0 spiro atoms. The summed E-state index contributed by atoms with van der Waals surface area (Å²) in [4.78, 5) is 52.7. The smallest absolute Gasteiger partial charge is 0.338 e. The summed E-state index contributed by atoms with van der Waals surface area (Å²) in [6.07, 6.45) is -0.254. The van der Waals surface area contributed by atoms with E-state index in [2.05, 4.69) is 10.7 Å². The molecule has 0 bridgehead atoms. The number of benzene rings is 2. The number of ether oxygens (including phenoxy) is 1. The number of anilines is 2. The van der Waals surface area contributed by atoms with Gasteiger partial charge in [-0.2, -0.15) is 0 Å². The molecule has 0 saturated carbocycles. The van der Waals surface area contributed by atoms with Crippen molar-refractivity contribution in [1.29, 1.82) is 0 Å². The van der Waals surface area contributed by atoms with Gasteiger partial charge in [0.1, 0.15) is 6.04 Å². The molecule has 9 nitrogen and oxygen atoms in total. The molecule has 2 heterocycles. The van der Waals surface area contributed by atoms with Crippen molar-refractivity contribution in [3.8, 4) is 0 Å². The number of carbonyl (C=O) groups excluding carboxylic acids is 4. The summed E-state index contributed by atoms with van der Waals surface area (Å²) in [6, 6.07) is 17.3. The fourth-order valence-corrected chi connectivity index (χ4v) is 4.56. The maximum Gasteiger partial charge on any atom is 0.338 e. The third kappa shape index (κ3) is 5.42. The van der Waals surface area contributed by atoms with Crippen LogP contribution in [0.3, 0.4) is 0 Å². The minimum Gasteiger partial charge on any atom is -0.462 e. The fourth-order valence-electron chi connectivity index (χ4n) is 3.58. The number of nitrogens with one attached hydrogen (secondary N) is 2. The molecule has 36 heavy (non-hydrogen) atoms. The quantitative estimate of drug-likeness (QED) is 0.344. The van der Waals surface area contributed by atoms with Crippen molar-refractivity contribution < 1.29 is 23.9 Å². The summed E-state index contributed by atoms with van der Waals surface area (Å²) in [5.41, 5.74) is 3.96. The molecule has 0 radical (unpaired) electrons. The normalized spacial score (nSPS) is 15.1. The lowest BCUT2D eigenvalue weighted by Gasteiger charge is -2.24. The van der Waals surface area contributed by atoms with Gasteiger partial charge in [-0.3, -0.25) is 24.7 Å². The predicted molar refractivity (Wildman–Crippen MR) is 140 cm³/mol. The van der Waals surface area contributed by atoms with Crippen LogP contribution in [0.5, 0.6) is 0 Å². The topological polar surface area (TPSA) is 108 Å². The van der Waals surface area contributed by atoms with Crippen molar-refractivity contribution in [1.82, 2.24) is 10.4 Å². The standard InChI is InChI=1S/C25H22N4O5S2/c1-2-34-24(33)16-10-12-18(13-11-16)28-23(32)19(15-21(30)26-17-7-4-3-5-8-17)29(25(28)35)27-22(31)20-9-6-14-36-20/h3-14,19H,2,15H2,1H3,(H,26,30)(H,27,31)/t19-/m0/s1. The first-order valence-corrected chi connectivity index (χ1v) is 12.3. The van der Waals surface area contributed by atoms with Crippen molar-refractivity contribution in [3.63, 3.8) is 0 Å². The number of nitrogens with zero attached hydrogens (tertiary/aromatic N) is 2. The Bertz CT molecular complexity index is 1280. The maximum absolute atomic E-state index is 13.5. The zero-order valence-corrected chi connectivity index (χ0v) is 20.8. The minimum atomic E-state index is -1.07. The van der Waals surface area contributed by atoms with E-state index in [1.54, 1.807) is 60.8 Å². The average molecular weight is 523 g/mol. The summed E-state index contributed by atoms with van der Waals surface area (Å²) < 4.78 is 5.00. The van der Waals surface area contributed by atoms with Crippen molar-refractivity contribution in [2.24, 2.45) is 0 Å². The van der Waals surface area contributed by atoms with Gasteiger partial charge in [0.15, 0.2) is 0 Å². The Labute approximate surface area is 216 Å². The number of amides is 3. The first kappa shape index (κ1) is 25.0. The highest BCUT2D eigenvalue weighted by atomic mass is 32.1. The zero-order chi connectivity index (χ0) is 25.7. The van der Waals surface area contributed by atoms with Crippen LogP contribution < -0.4 is 15.6 Å². The summed E-state index contributed by atoms with van der Waals surface area (Å²) in [5, 5.41) is 5.75. The van der Waals surface area contributed by atoms with Gasteiger partial charge in [0.25, 0.3) is 11.8 Å². The number of rotatable bonds is 8. The van der Waals surface area contributed by atoms with Crippen LogP contribution >= 0.6 is 23.6 Å². The van der Waals surface area contributed by atoms with Crippen LogP contribution in [0.1, 0.15) is 33.4 Å². The van der Waals surface area contributed by atoms with Crippen LogP contribution in [0.4, 0.5) is 11.4 Å². The number of para-hydroxylation sites is 1. The van der Waals surface area contributed by atoms with Crippen molar-refractivity contribution >= 4 is 63.7 Å². The van der Waals surface area contributed by atoms with Crippen LogP contribution in [0.25, 0.3) is 0 Å². The van der Waals surface area contributed by atoms with E-state index in [1.165, 1.54) is 33.4 Å². The highest BCUT2D eigenvalue weighted by Crippen LogP contribution is 2.27. The number of hydrogen-bond donors (Lipinski definition) is 2. The molecular weight excluding hydrogens is 500 g/mol. The molecule has 184 valence electrons. The van der Waals surface area contributed by atoms with Gasteiger partial charge in [-0.15, -0.1) is 11.3 Å². The van der Waals surface area contributed by atoms with Crippen LogP contribution in [-0.4, -0.2) is 46.5 Å². The van der Waals surface area contributed by atoms with Gasteiger partial charge in [-0.25, -0.2) is 9.80 Å². The van der Waals surface area contributed by atoms with Crippen LogP contribution in [-0.2, 0) is 14.3 Å². The van der Waals surface area contributed by atoms with Crippen molar-refractivity contribution in [2.75, 3.05) is 16.8 Å². The van der Waals surface area contributed by atoms with E-state index >= 15 is 0 Å². The highest BCUT2D eigenvalue weighted by molar-refractivity contribution is 7.80. The van der Waals surface area contributed by atoms with Crippen LogP contribution in [0.15, 0.2) is 72.1 Å². The van der Waals surface area contributed by atoms with Crippen molar-refractivity contribution in [2.45, 2.75) is 19.4 Å². The molecule has 1 atom stereocenters. The van der Waals surface area contributed by atoms with E-state index in [0.717, 1.165) is 0 Å². The van der Waals surface area contributed by atoms with Gasteiger partial charge in [-0.05, 0) is 67.0 Å². The van der Waals surface area contributed by atoms with Crippen LogP contribution in [0, 0.1) is 0 Å². The van der Waals surface area contributed by atoms with E-state index in [-0.39, 0.29) is 18.1 Å². The lowest BCUT2D eigenvalue weighted by atomic mass is 10.1. The molecule has 2 N–H and O–H groups in total. The third-order valence-electron chi connectivity index (χ3n) is 5.25. The molecule has 11 heteroatoms. The van der Waals surface area contributed by atoms with Gasteiger partial charge in [0.05, 0.1) is 29.2 Å². The first-order chi connectivity index (χ1) is 17.4. The molecule has 2 aromatic carbocycles. The number of hydrogen-bond acceptors (Lipinski definition) is 7. The Balaban J connectivity index is 1.58. The van der Waals surface area contributed by atoms with E-state index < -0.39 is 29.7 Å². The van der Waals surface area contributed by atoms with Gasteiger partial charge in [0.2, 0.25) is 11.0 Å². The maximum atomic E-state index is 13.5. The lowest BCUT2D eigenvalue weighted by Crippen LogP contribution is -2.49. The van der Waals surface area contributed by atoms with E-state index in [4.69, 9.17) is 17.0 Å². The van der Waals surface area contributed by atoms with E-state index in [1.807, 2.05) is 6.07 Å². The predicted octanol–water partition coefficient (Wildman–Crippen LogP) is 3.60. The Kier molecular flexibility index (Phi) is 7.71. The van der Waals surface area contributed by atoms with Crippen LogP contribution in [0.2, 0.25) is 0 Å². The number of hydrazine groups is 1. The second-order valence-corrected chi connectivity index (χ2v) is 8.96. The van der Waals surface area contributed by atoms with Gasteiger partial charge in [-0.1, -0.05) is 24.3 Å². The zero-order valence-electron chi connectivity index (χ0n) is 19.2. The molecule has 1 aromatic heterocycles. The lowest BCUT2D eigenvalue weighted by molar-refractivity contribution is -0.124. The Morgan fingerprint density at radius 3 is 2.39 bits per heavy atom. The molecule has 3 amide bonds. The van der Waals surface area contributed by atoms with Gasteiger partial charge >= 0.3 is 5.97 Å². The Hall–Kier alpha value is -4.09. The number of thiophene rings is 1. The summed E-state index contributed by atoms with van der Waals surface area (Å²) in [6.45, 7) is 1.95. The summed E-state index contributed by atoms with van der Waals surface area (Å²) in [5.74, 6) is -1.84. The number of thiocarbonyl (C=S) groups is 1. The van der Waals surface area contributed by atoms with Gasteiger partial charge < -0.3 is 10.1 Å². The fraction of sp³-hybridized carbons (Fsp3) is 0.160. The SMILES string of the molecule is CCOC(=O)c1ccc(N2C(=O)[C@H](CC(=O)Nc3ccccc3)N(NC(=O)c3cccs3)C2=S)cc1. The Morgan fingerprint density at radius 1 is 1.03 bits per heavy atom. The van der Waals surface area contributed by atoms with E-state index in [9.17, 15) is 19.2 Å². The molecule has 0 aliphatic carbocycles. The second kappa shape index (κ2) is 11.1. The Morgan fingerprint density at radius 2 is 1.75 bits per heavy atom. The molecular formula is C25H22N4O5S2. The molecule has 3 aromatic rings. The van der Waals surface area contributed by atoms with Gasteiger partial charge in [0, 0.05) is 5.69 Å². The molecule has 1 saturated heterocycles. The molecule has 4 rings (SSSR count). The molecule has 1 fully saturated rings.